The van der Waals surface area contributed by atoms with E-state index in [9.17, 15) is 0 Å². The Bertz CT molecular complexity index is 169. The van der Waals surface area contributed by atoms with Crippen molar-refractivity contribution in [3.8, 4) is 0 Å². The minimum atomic E-state index is 0.589. The highest BCUT2D eigenvalue weighted by molar-refractivity contribution is 4.95. The summed E-state index contributed by atoms with van der Waals surface area (Å²) in [5.74, 6) is 0. The van der Waals surface area contributed by atoms with Gasteiger partial charge < -0.3 is 5.32 Å². The van der Waals surface area contributed by atoms with E-state index in [0.29, 0.717) is 5.41 Å². The highest BCUT2D eigenvalue weighted by Crippen LogP contribution is 2.32. The highest BCUT2D eigenvalue weighted by atomic mass is 15.3. The Morgan fingerprint density at radius 1 is 1.33 bits per heavy atom. The van der Waals surface area contributed by atoms with Gasteiger partial charge in [0.05, 0.1) is 0 Å². The van der Waals surface area contributed by atoms with Crippen molar-refractivity contribution in [2.45, 2.75) is 39.3 Å². The lowest BCUT2D eigenvalue weighted by atomic mass is 9.83. The number of likely N-dealkylation sites (tertiary alicyclic amines) is 1. The molecule has 0 bridgehead atoms. The largest absolute Gasteiger partial charge is 0.313 e. The molecule has 2 saturated heterocycles. The Labute approximate surface area is 75.3 Å². The molecule has 2 heterocycles. The monoisotopic (exact) mass is 168 g/mol. The van der Waals surface area contributed by atoms with Gasteiger partial charge in [-0.15, -0.1) is 0 Å². The second-order valence-electron chi connectivity index (χ2n) is 5.27. The van der Waals surface area contributed by atoms with E-state index in [1.807, 2.05) is 0 Å². The van der Waals surface area contributed by atoms with Gasteiger partial charge in [-0.05, 0) is 18.8 Å². The summed E-state index contributed by atoms with van der Waals surface area (Å²) in [4.78, 5) is 2.62. The molecular formula is C10H20N2. The number of nitrogens with one attached hydrogen (secondary N) is 1. The van der Waals surface area contributed by atoms with Crippen molar-refractivity contribution in [1.82, 2.24) is 10.2 Å². The van der Waals surface area contributed by atoms with Crippen molar-refractivity contribution in [1.29, 1.82) is 0 Å². The fourth-order valence-electron chi connectivity index (χ4n) is 2.50. The van der Waals surface area contributed by atoms with Crippen LogP contribution in [0.3, 0.4) is 0 Å². The average Bonchev–Trinajstić information content (AvgIpc) is 2.30. The molecule has 2 fully saturated rings. The zero-order valence-electron chi connectivity index (χ0n) is 8.43. The Morgan fingerprint density at radius 3 is 2.42 bits per heavy atom. The predicted molar refractivity (Wildman–Crippen MR) is 51.2 cm³/mol. The lowest BCUT2D eigenvalue weighted by Gasteiger charge is -2.49. The van der Waals surface area contributed by atoms with Gasteiger partial charge in [-0.25, -0.2) is 0 Å². The van der Waals surface area contributed by atoms with Gasteiger partial charge in [-0.2, -0.15) is 0 Å². The van der Waals surface area contributed by atoms with E-state index in [1.54, 1.807) is 0 Å². The smallest absolute Gasteiger partial charge is 0.0235 e. The zero-order chi connectivity index (χ0) is 8.77. The molecule has 0 spiro atoms. The first-order chi connectivity index (χ1) is 5.57. The zero-order valence-corrected chi connectivity index (χ0v) is 8.43. The second kappa shape index (κ2) is 2.71. The second-order valence-corrected chi connectivity index (χ2v) is 5.27. The molecule has 2 rings (SSSR count). The molecule has 2 nitrogen and oxygen atoms in total. The van der Waals surface area contributed by atoms with Crippen LogP contribution < -0.4 is 5.32 Å². The predicted octanol–water partition coefficient (Wildman–Crippen LogP) is 1.08. The molecule has 0 aromatic heterocycles. The van der Waals surface area contributed by atoms with Crippen molar-refractivity contribution < 1.29 is 0 Å². The molecule has 1 N–H and O–H groups in total. The standard InChI is InChI=1S/C10H20N2/c1-8-4-9(5-11-8)12-6-10(2,3)7-12/h8-9,11H,4-7H2,1-3H3. The number of hydrogen-bond acceptors (Lipinski definition) is 2. The van der Waals surface area contributed by atoms with Gasteiger partial charge in [0.1, 0.15) is 0 Å². The van der Waals surface area contributed by atoms with Crippen molar-refractivity contribution >= 4 is 0 Å². The minimum Gasteiger partial charge on any atom is -0.313 e. The summed E-state index contributed by atoms with van der Waals surface area (Å²) < 4.78 is 0. The van der Waals surface area contributed by atoms with Crippen LogP contribution in [0.5, 0.6) is 0 Å². The third-order valence-corrected chi connectivity index (χ3v) is 3.11. The molecular weight excluding hydrogens is 148 g/mol. The van der Waals surface area contributed by atoms with Gasteiger partial charge in [-0.1, -0.05) is 13.8 Å². The van der Waals surface area contributed by atoms with E-state index in [2.05, 4.69) is 31.0 Å². The third kappa shape index (κ3) is 1.50. The number of nitrogens with zero attached hydrogens (tertiary/aromatic N) is 1. The molecule has 0 aromatic rings. The molecule has 12 heavy (non-hydrogen) atoms. The summed E-state index contributed by atoms with van der Waals surface area (Å²) in [5.41, 5.74) is 0.589. The van der Waals surface area contributed by atoms with Crippen LogP contribution in [0, 0.1) is 5.41 Å². The van der Waals surface area contributed by atoms with Gasteiger partial charge in [0, 0.05) is 31.7 Å². The van der Waals surface area contributed by atoms with Crippen LogP contribution in [-0.4, -0.2) is 36.6 Å². The van der Waals surface area contributed by atoms with Crippen LogP contribution in [0.15, 0.2) is 0 Å². The molecule has 70 valence electrons. The summed E-state index contributed by atoms with van der Waals surface area (Å²) in [6.07, 6.45) is 1.34. The summed E-state index contributed by atoms with van der Waals surface area (Å²) in [6, 6.07) is 1.56. The lowest BCUT2D eigenvalue weighted by molar-refractivity contribution is -0.000135. The molecule has 0 saturated carbocycles. The Kier molecular flexibility index (Phi) is 1.92. The topological polar surface area (TPSA) is 15.3 Å². The minimum absolute atomic E-state index is 0.589. The molecule has 0 radical (unpaired) electrons. The molecule has 0 aromatic carbocycles. The molecule has 2 unspecified atom stereocenters. The third-order valence-electron chi connectivity index (χ3n) is 3.11. The van der Waals surface area contributed by atoms with Gasteiger partial charge in [-0.3, -0.25) is 4.90 Å². The van der Waals surface area contributed by atoms with Crippen molar-refractivity contribution in [2.24, 2.45) is 5.41 Å². The maximum Gasteiger partial charge on any atom is 0.0235 e. The van der Waals surface area contributed by atoms with E-state index in [1.165, 1.54) is 26.1 Å². The van der Waals surface area contributed by atoms with Crippen LogP contribution in [0.1, 0.15) is 27.2 Å². The molecule has 2 aliphatic rings. The van der Waals surface area contributed by atoms with E-state index in [-0.39, 0.29) is 0 Å². The van der Waals surface area contributed by atoms with Crippen molar-refractivity contribution in [3.05, 3.63) is 0 Å². The summed E-state index contributed by atoms with van der Waals surface area (Å²) >= 11 is 0. The van der Waals surface area contributed by atoms with Gasteiger partial charge in [0.2, 0.25) is 0 Å². The van der Waals surface area contributed by atoms with Crippen LogP contribution in [0.4, 0.5) is 0 Å². The first kappa shape index (κ1) is 8.52. The number of hydrogen-bond donors (Lipinski definition) is 1. The first-order valence-electron chi connectivity index (χ1n) is 5.04. The van der Waals surface area contributed by atoms with Crippen molar-refractivity contribution in [3.63, 3.8) is 0 Å². The van der Waals surface area contributed by atoms with Crippen molar-refractivity contribution in [2.75, 3.05) is 19.6 Å². The lowest BCUT2D eigenvalue weighted by Crippen LogP contribution is -2.57. The maximum atomic E-state index is 3.50. The Hall–Kier alpha value is -0.0800. The van der Waals surface area contributed by atoms with Crippen LogP contribution in [-0.2, 0) is 0 Å². The molecule has 0 amide bonds. The average molecular weight is 168 g/mol. The molecule has 2 heteroatoms. The van der Waals surface area contributed by atoms with Gasteiger partial charge in [0.15, 0.2) is 0 Å². The van der Waals surface area contributed by atoms with E-state index < -0.39 is 0 Å². The molecule has 2 atom stereocenters. The van der Waals surface area contributed by atoms with E-state index >= 15 is 0 Å². The van der Waals surface area contributed by atoms with Crippen LogP contribution in [0.25, 0.3) is 0 Å². The SMILES string of the molecule is CC1CC(N2CC(C)(C)C2)CN1. The van der Waals surface area contributed by atoms with E-state index in [0.717, 1.165) is 12.1 Å². The summed E-state index contributed by atoms with van der Waals surface area (Å²) in [5, 5.41) is 3.50. The quantitative estimate of drug-likeness (QED) is 0.630. The highest BCUT2D eigenvalue weighted by Gasteiger charge is 2.39. The van der Waals surface area contributed by atoms with Crippen LogP contribution in [0.2, 0.25) is 0 Å². The van der Waals surface area contributed by atoms with Crippen LogP contribution >= 0.6 is 0 Å². The maximum absolute atomic E-state index is 3.50. The Balaban J connectivity index is 1.81. The Morgan fingerprint density at radius 2 is 2.00 bits per heavy atom. The molecule has 2 aliphatic heterocycles. The summed E-state index contributed by atoms with van der Waals surface area (Å²) in [7, 11) is 0. The molecule has 0 aliphatic carbocycles. The van der Waals surface area contributed by atoms with E-state index in [4.69, 9.17) is 0 Å². The fraction of sp³-hybridized carbons (Fsp3) is 1.00. The van der Waals surface area contributed by atoms with Gasteiger partial charge in [0.25, 0.3) is 0 Å². The van der Waals surface area contributed by atoms with Gasteiger partial charge >= 0.3 is 0 Å². The normalized spacial score (nSPS) is 41.2. The summed E-state index contributed by atoms with van der Waals surface area (Å²) in [6.45, 7) is 10.8. The first-order valence-corrected chi connectivity index (χ1v) is 5.04. The fourth-order valence-corrected chi connectivity index (χ4v) is 2.50. The number of rotatable bonds is 1.